The van der Waals surface area contributed by atoms with Gasteiger partial charge in [0.05, 0.1) is 11.6 Å². The lowest BCUT2D eigenvalue weighted by atomic mass is 10.1. The molecule has 0 aliphatic heterocycles. The SMILES string of the molecule is CCCNC(c1cncs1)c1cc(F)ccc1Cl. The second kappa shape index (κ2) is 6.27. The first-order valence-electron chi connectivity index (χ1n) is 5.79. The van der Waals surface area contributed by atoms with Crippen LogP contribution < -0.4 is 5.32 Å². The standard InChI is InChI=1S/C13H14ClFN2S/c1-2-5-17-13(12-7-16-8-18-12)10-6-9(15)3-4-11(10)14/h3-4,6-8,13,17H,2,5H2,1H3. The summed E-state index contributed by atoms with van der Waals surface area (Å²) >= 11 is 7.70. The Balaban J connectivity index is 2.36. The van der Waals surface area contributed by atoms with E-state index in [1.54, 1.807) is 17.8 Å². The van der Waals surface area contributed by atoms with Crippen molar-refractivity contribution in [3.8, 4) is 0 Å². The first-order valence-corrected chi connectivity index (χ1v) is 7.05. The van der Waals surface area contributed by atoms with Crippen molar-refractivity contribution in [1.29, 1.82) is 0 Å². The normalized spacial score (nSPS) is 12.6. The highest BCUT2D eigenvalue weighted by Gasteiger charge is 2.18. The number of nitrogens with zero attached hydrogens (tertiary/aromatic N) is 1. The molecule has 0 aliphatic rings. The van der Waals surface area contributed by atoms with E-state index >= 15 is 0 Å². The summed E-state index contributed by atoms with van der Waals surface area (Å²) in [5.41, 5.74) is 2.53. The molecule has 0 bridgehead atoms. The number of nitrogens with one attached hydrogen (secondary N) is 1. The quantitative estimate of drug-likeness (QED) is 0.897. The van der Waals surface area contributed by atoms with Crippen molar-refractivity contribution in [3.05, 3.63) is 51.2 Å². The zero-order chi connectivity index (χ0) is 13.0. The van der Waals surface area contributed by atoms with Gasteiger partial charge in [-0.2, -0.15) is 0 Å². The van der Waals surface area contributed by atoms with Crippen LogP contribution in [0.5, 0.6) is 0 Å². The molecule has 1 aromatic heterocycles. The van der Waals surface area contributed by atoms with Gasteiger partial charge >= 0.3 is 0 Å². The minimum atomic E-state index is -0.276. The minimum absolute atomic E-state index is 0.0966. The number of hydrogen-bond donors (Lipinski definition) is 1. The van der Waals surface area contributed by atoms with Crippen LogP contribution in [0.3, 0.4) is 0 Å². The van der Waals surface area contributed by atoms with Gasteiger partial charge in [0.15, 0.2) is 0 Å². The average molecular weight is 285 g/mol. The van der Waals surface area contributed by atoms with Crippen LogP contribution in [0, 0.1) is 5.82 Å². The van der Waals surface area contributed by atoms with Gasteiger partial charge in [-0.05, 0) is 36.7 Å². The monoisotopic (exact) mass is 284 g/mol. The fourth-order valence-electron chi connectivity index (χ4n) is 1.76. The largest absolute Gasteiger partial charge is 0.306 e. The maximum Gasteiger partial charge on any atom is 0.123 e. The molecule has 1 atom stereocenters. The number of benzene rings is 1. The summed E-state index contributed by atoms with van der Waals surface area (Å²) in [5, 5.41) is 3.94. The van der Waals surface area contributed by atoms with E-state index in [2.05, 4.69) is 17.2 Å². The molecule has 0 saturated carbocycles. The van der Waals surface area contributed by atoms with Crippen LogP contribution in [0.2, 0.25) is 5.02 Å². The van der Waals surface area contributed by atoms with Crippen molar-refractivity contribution in [3.63, 3.8) is 0 Å². The van der Waals surface area contributed by atoms with Gasteiger partial charge in [0, 0.05) is 16.1 Å². The lowest BCUT2D eigenvalue weighted by Crippen LogP contribution is -2.22. The lowest BCUT2D eigenvalue weighted by Gasteiger charge is -2.18. The first-order chi connectivity index (χ1) is 8.72. The van der Waals surface area contributed by atoms with E-state index in [-0.39, 0.29) is 11.9 Å². The summed E-state index contributed by atoms with van der Waals surface area (Å²) in [6.45, 7) is 2.93. The first kappa shape index (κ1) is 13.5. The predicted octanol–water partition coefficient (Wildman–Crippen LogP) is 4.02. The van der Waals surface area contributed by atoms with E-state index in [0.717, 1.165) is 23.4 Å². The van der Waals surface area contributed by atoms with Crippen LogP contribution in [0.1, 0.15) is 29.8 Å². The highest BCUT2D eigenvalue weighted by molar-refractivity contribution is 7.09. The molecule has 0 amide bonds. The Bertz CT molecular complexity index is 502. The molecule has 96 valence electrons. The van der Waals surface area contributed by atoms with Gasteiger partial charge < -0.3 is 5.32 Å². The molecule has 0 fully saturated rings. The van der Waals surface area contributed by atoms with Crippen molar-refractivity contribution < 1.29 is 4.39 Å². The number of rotatable bonds is 5. The average Bonchev–Trinajstić information content (AvgIpc) is 2.88. The number of hydrogen-bond acceptors (Lipinski definition) is 3. The number of thiazole rings is 1. The summed E-state index contributed by atoms with van der Waals surface area (Å²) in [4.78, 5) is 5.11. The molecule has 1 unspecified atom stereocenters. The topological polar surface area (TPSA) is 24.9 Å². The van der Waals surface area contributed by atoms with Gasteiger partial charge in [-0.1, -0.05) is 18.5 Å². The van der Waals surface area contributed by atoms with Gasteiger partial charge in [0.25, 0.3) is 0 Å². The molecule has 0 saturated heterocycles. The summed E-state index contributed by atoms with van der Waals surface area (Å²) in [6.07, 6.45) is 2.79. The van der Waals surface area contributed by atoms with E-state index in [4.69, 9.17) is 11.6 Å². The maximum absolute atomic E-state index is 13.4. The van der Waals surface area contributed by atoms with Crippen molar-refractivity contribution >= 4 is 22.9 Å². The van der Waals surface area contributed by atoms with Crippen LogP contribution in [0.15, 0.2) is 29.9 Å². The molecule has 1 heterocycles. The summed E-state index contributed by atoms with van der Waals surface area (Å²) in [7, 11) is 0. The van der Waals surface area contributed by atoms with Gasteiger partial charge in [0.2, 0.25) is 0 Å². The Kier molecular flexibility index (Phi) is 4.69. The van der Waals surface area contributed by atoms with Gasteiger partial charge in [-0.15, -0.1) is 11.3 Å². The van der Waals surface area contributed by atoms with Crippen LogP contribution in [0.25, 0.3) is 0 Å². The third-order valence-electron chi connectivity index (χ3n) is 2.60. The summed E-state index contributed by atoms with van der Waals surface area (Å²) < 4.78 is 13.4. The smallest absolute Gasteiger partial charge is 0.123 e. The van der Waals surface area contributed by atoms with Gasteiger partial charge in [-0.3, -0.25) is 4.98 Å². The number of aromatic nitrogens is 1. The van der Waals surface area contributed by atoms with E-state index in [0.29, 0.717) is 5.02 Å². The molecule has 0 radical (unpaired) electrons. The lowest BCUT2D eigenvalue weighted by molar-refractivity contribution is 0.590. The van der Waals surface area contributed by atoms with Gasteiger partial charge in [-0.25, -0.2) is 4.39 Å². The molecule has 5 heteroatoms. The zero-order valence-electron chi connectivity index (χ0n) is 9.99. The molecular weight excluding hydrogens is 271 g/mol. The molecular formula is C13H14ClFN2S. The van der Waals surface area contributed by atoms with E-state index in [1.807, 2.05) is 0 Å². The third kappa shape index (κ3) is 3.07. The second-order valence-electron chi connectivity index (χ2n) is 3.96. The molecule has 2 nitrogen and oxygen atoms in total. The van der Waals surface area contributed by atoms with Crippen molar-refractivity contribution in [2.24, 2.45) is 0 Å². The van der Waals surface area contributed by atoms with E-state index in [9.17, 15) is 4.39 Å². The molecule has 1 N–H and O–H groups in total. The Hall–Kier alpha value is -0.970. The Morgan fingerprint density at radius 2 is 2.33 bits per heavy atom. The van der Waals surface area contributed by atoms with Crippen molar-refractivity contribution in [2.75, 3.05) is 6.54 Å². The molecule has 0 aliphatic carbocycles. The van der Waals surface area contributed by atoms with Crippen LogP contribution in [-0.2, 0) is 0 Å². The van der Waals surface area contributed by atoms with Crippen molar-refractivity contribution in [2.45, 2.75) is 19.4 Å². The number of halogens is 2. The fourth-order valence-corrected chi connectivity index (χ4v) is 2.69. The highest BCUT2D eigenvalue weighted by Crippen LogP contribution is 2.30. The minimum Gasteiger partial charge on any atom is -0.306 e. The Labute approximate surface area is 115 Å². The van der Waals surface area contributed by atoms with Gasteiger partial charge in [0.1, 0.15) is 5.82 Å². The van der Waals surface area contributed by atoms with Crippen LogP contribution in [0.4, 0.5) is 4.39 Å². The summed E-state index contributed by atoms with van der Waals surface area (Å²) in [5.74, 6) is -0.276. The zero-order valence-corrected chi connectivity index (χ0v) is 11.6. The maximum atomic E-state index is 13.4. The third-order valence-corrected chi connectivity index (χ3v) is 3.79. The molecule has 2 aromatic rings. The van der Waals surface area contributed by atoms with E-state index < -0.39 is 0 Å². The molecule has 2 rings (SSSR count). The second-order valence-corrected chi connectivity index (χ2v) is 5.28. The summed E-state index contributed by atoms with van der Waals surface area (Å²) in [6, 6.07) is 4.35. The molecule has 1 aromatic carbocycles. The molecule has 18 heavy (non-hydrogen) atoms. The molecule has 0 spiro atoms. The van der Waals surface area contributed by atoms with E-state index in [1.165, 1.54) is 23.5 Å². The fraction of sp³-hybridized carbons (Fsp3) is 0.308. The van der Waals surface area contributed by atoms with Crippen molar-refractivity contribution in [1.82, 2.24) is 10.3 Å². The highest BCUT2D eigenvalue weighted by atomic mass is 35.5. The Morgan fingerprint density at radius 3 is 3.00 bits per heavy atom. The predicted molar refractivity (Wildman–Crippen MR) is 73.7 cm³/mol. The van der Waals surface area contributed by atoms with Crippen LogP contribution >= 0.6 is 22.9 Å². The Morgan fingerprint density at radius 1 is 1.50 bits per heavy atom. The van der Waals surface area contributed by atoms with Crippen LogP contribution in [-0.4, -0.2) is 11.5 Å².